The van der Waals surface area contributed by atoms with Gasteiger partial charge in [0.15, 0.2) is 0 Å². The SMILES string of the molecule is C#C.CC1CCCC1.c1ccccc1. The summed E-state index contributed by atoms with van der Waals surface area (Å²) >= 11 is 0. The molecule has 0 amide bonds. The van der Waals surface area contributed by atoms with Crippen molar-refractivity contribution in [1.29, 1.82) is 0 Å². The maximum atomic E-state index is 4.00. The standard InChI is InChI=1S/C6H12.C6H6.C2H2/c1-6-4-2-3-5-6;1-2-4-6-5-3-1;1-2/h6H,2-5H2,1H3;1-6H;1-2H. The summed E-state index contributed by atoms with van der Waals surface area (Å²) in [5.41, 5.74) is 0. The van der Waals surface area contributed by atoms with E-state index in [0.29, 0.717) is 0 Å². The van der Waals surface area contributed by atoms with Gasteiger partial charge in [0.05, 0.1) is 0 Å². The van der Waals surface area contributed by atoms with E-state index < -0.39 is 0 Å². The Hall–Kier alpha value is -1.22. The van der Waals surface area contributed by atoms with Gasteiger partial charge in [-0.2, -0.15) is 0 Å². The van der Waals surface area contributed by atoms with Crippen LogP contribution in [0.1, 0.15) is 32.6 Å². The van der Waals surface area contributed by atoms with Crippen molar-refractivity contribution in [2.45, 2.75) is 32.6 Å². The Kier molecular flexibility index (Phi) is 9.01. The van der Waals surface area contributed by atoms with Crippen LogP contribution in [0, 0.1) is 18.8 Å². The van der Waals surface area contributed by atoms with Crippen molar-refractivity contribution < 1.29 is 0 Å². The molecule has 1 aromatic rings. The van der Waals surface area contributed by atoms with Crippen molar-refractivity contribution in [3.05, 3.63) is 36.4 Å². The second-order valence-electron chi connectivity index (χ2n) is 3.54. The van der Waals surface area contributed by atoms with Crippen LogP contribution < -0.4 is 0 Å². The molecule has 0 radical (unpaired) electrons. The number of hydrogen-bond acceptors (Lipinski definition) is 0. The largest absolute Gasteiger partial charge is 0.124 e. The Morgan fingerprint density at radius 3 is 1.21 bits per heavy atom. The first-order chi connectivity index (χ1) is 6.89. The zero-order chi connectivity index (χ0) is 10.6. The predicted octanol–water partition coefficient (Wildman–Crippen LogP) is 4.13. The van der Waals surface area contributed by atoms with Gasteiger partial charge in [0.25, 0.3) is 0 Å². The molecule has 14 heavy (non-hydrogen) atoms. The third-order valence-electron chi connectivity index (χ3n) is 2.31. The van der Waals surface area contributed by atoms with Gasteiger partial charge < -0.3 is 0 Å². The molecular weight excluding hydrogens is 168 g/mol. The molecule has 1 aliphatic carbocycles. The minimum atomic E-state index is 1.05. The summed E-state index contributed by atoms with van der Waals surface area (Å²) in [6.07, 6.45) is 13.9. The van der Waals surface area contributed by atoms with E-state index in [4.69, 9.17) is 0 Å². The van der Waals surface area contributed by atoms with Crippen LogP contribution in [0.2, 0.25) is 0 Å². The summed E-state index contributed by atoms with van der Waals surface area (Å²) < 4.78 is 0. The Bertz CT molecular complexity index is 177. The Labute approximate surface area is 88.4 Å². The van der Waals surface area contributed by atoms with E-state index in [1.807, 2.05) is 36.4 Å². The molecule has 1 aliphatic rings. The molecule has 0 bridgehead atoms. The van der Waals surface area contributed by atoms with Gasteiger partial charge in [0.2, 0.25) is 0 Å². The van der Waals surface area contributed by atoms with Gasteiger partial charge in [0, 0.05) is 0 Å². The molecule has 0 nitrogen and oxygen atoms in total. The number of terminal acetylenes is 1. The second kappa shape index (κ2) is 9.86. The van der Waals surface area contributed by atoms with Gasteiger partial charge in [-0.25, -0.2) is 0 Å². The molecule has 0 aromatic heterocycles. The normalized spacial score (nSPS) is 14.5. The summed E-state index contributed by atoms with van der Waals surface area (Å²) in [5, 5.41) is 0. The van der Waals surface area contributed by atoms with E-state index in [1.165, 1.54) is 25.7 Å². The van der Waals surface area contributed by atoms with Gasteiger partial charge in [0.1, 0.15) is 0 Å². The van der Waals surface area contributed by atoms with E-state index in [0.717, 1.165) is 5.92 Å². The average Bonchev–Trinajstić information content (AvgIpc) is 2.76. The van der Waals surface area contributed by atoms with E-state index in [1.54, 1.807) is 0 Å². The predicted molar refractivity (Wildman–Crippen MR) is 64.0 cm³/mol. The van der Waals surface area contributed by atoms with Crippen LogP contribution in [0.3, 0.4) is 0 Å². The van der Waals surface area contributed by atoms with Gasteiger partial charge in [-0.05, 0) is 5.92 Å². The fraction of sp³-hybridized carbons (Fsp3) is 0.429. The maximum Gasteiger partial charge on any atom is -0.0443 e. The Balaban J connectivity index is 0.000000206. The molecule has 1 saturated carbocycles. The quantitative estimate of drug-likeness (QED) is 0.537. The number of benzene rings is 1. The molecule has 1 fully saturated rings. The van der Waals surface area contributed by atoms with E-state index in [-0.39, 0.29) is 0 Å². The van der Waals surface area contributed by atoms with Crippen molar-refractivity contribution in [3.63, 3.8) is 0 Å². The zero-order valence-electron chi connectivity index (χ0n) is 9.02. The van der Waals surface area contributed by atoms with Crippen LogP contribution in [0.5, 0.6) is 0 Å². The summed E-state index contributed by atoms with van der Waals surface area (Å²) in [4.78, 5) is 0. The maximum absolute atomic E-state index is 4.00. The molecule has 0 unspecified atom stereocenters. The lowest BCUT2D eigenvalue weighted by molar-refractivity contribution is 0.612. The minimum absolute atomic E-state index is 1.05. The molecule has 76 valence electrons. The lowest BCUT2D eigenvalue weighted by Crippen LogP contribution is -1.78. The molecule has 0 heteroatoms. The van der Waals surface area contributed by atoms with Crippen LogP contribution in [0.15, 0.2) is 36.4 Å². The van der Waals surface area contributed by atoms with E-state index in [2.05, 4.69) is 19.8 Å². The van der Waals surface area contributed by atoms with Crippen molar-refractivity contribution in [1.82, 2.24) is 0 Å². The van der Waals surface area contributed by atoms with Gasteiger partial charge >= 0.3 is 0 Å². The highest BCUT2D eigenvalue weighted by Crippen LogP contribution is 2.22. The molecule has 1 aromatic carbocycles. The van der Waals surface area contributed by atoms with Crippen molar-refractivity contribution >= 4 is 0 Å². The summed E-state index contributed by atoms with van der Waals surface area (Å²) in [6, 6.07) is 12.0. The third kappa shape index (κ3) is 7.43. The highest BCUT2D eigenvalue weighted by atomic mass is 14.1. The van der Waals surface area contributed by atoms with Crippen LogP contribution in [-0.4, -0.2) is 0 Å². The van der Waals surface area contributed by atoms with Crippen LogP contribution >= 0.6 is 0 Å². The molecule has 0 heterocycles. The molecule has 0 N–H and O–H groups in total. The van der Waals surface area contributed by atoms with E-state index >= 15 is 0 Å². The first-order valence-corrected chi connectivity index (χ1v) is 5.23. The lowest BCUT2D eigenvalue weighted by atomic mass is 10.2. The Morgan fingerprint density at radius 1 is 0.786 bits per heavy atom. The molecular formula is C14H20. The first kappa shape index (κ1) is 12.8. The Morgan fingerprint density at radius 2 is 1.07 bits per heavy atom. The van der Waals surface area contributed by atoms with Gasteiger partial charge in [-0.3, -0.25) is 0 Å². The topological polar surface area (TPSA) is 0 Å². The molecule has 2 rings (SSSR count). The fourth-order valence-corrected chi connectivity index (χ4v) is 1.51. The number of hydrogen-bond donors (Lipinski definition) is 0. The van der Waals surface area contributed by atoms with Gasteiger partial charge in [-0.15, -0.1) is 12.8 Å². The molecule has 0 atom stereocenters. The summed E-state index contributed by atoms with van der Waals surface area (Å²) in [6.45, 7) is 2.34. The summed E-state index contributed by atoms with van der Waals surface area (Å²) in [7, 11) is 0. The highest BCUT2D eigenvalue weighted by Gasteiger charge is 2.07. The summed E-state index contributed by atoms with van der Waals surface area (Å²) in [5.74, 6) is 1.05. The smallest absolute Gasteiger partial charge is 0.0443 e. The van der Waals surface area contributed by atoms with Crippen molar-refractivity contribution in [3.8, 4) is 12.8 Å². The average molecular weight is 188 g/mol. The lowest BCUT2D eigenvalue weighted by Gasteiger charge is -1.91. The molecule has 0 aliphatic heterocycles. The van der Waals surface area contributed by atoms with Crippen molar-refractivity contribution in [2.24, 2.45) is 5.92 Å². The second-order valence-corrected chi connectivity index (χ2v) is 3.54. The highest BCUT2D eigenvalue weighted by molar-refractivity contribution is 4.99. The third-order valence-corrected chi connectivity index (χ3v) is 2.31. The monoisotopic (exact) mass is 188 g/mol. The number of rotatable bonds is 0. The minimum Gasteiger partial charge on any atom is -0.124 e. The first-order valence-electron chi connectivity index (χ1n) is 5.23. The van der Waals surface area contributed by atoms with E-state index in [9.17, 15) is 0 Å². The zero-order valence-corrected chi connectivity index (χ0v) is 9.02. The van der Waals surface area contributed by atoms with Crippen LogP contribution in [0.4, 0.5) is 0 Å². The molecule has 0 spiro atoms. The van der Waals surface area contributed by atoms with Gasteiger partial charge in [-0.1, -0.05) is 69.0 Å². The van der Waals surface area contributed by atoms with Crippen molar-refractivity contribution in [2.75, 3.05) is 0 Å². The van der Waals surface area contributed by atoms with Crippen LogP contribution in [0.25, 0.3) is 0 Å². The fourth-order valence-electron chi connectivity index (χ4n) is 1.51. The van der Waals surface area contributed by atoms with Crippen LogP contribution in [-0.2, 0) is 0 Å². The molecule has 0 saturated heterocycles.